The Morgan fingerprint density at radius 3 is 2.60 bits per heavy atom. The second-order valence-corrected chi connectivity index (χ2v) is 5.46. The lowest BCUT2D eigenvalue weighted by molar-refractivity contribution is 0.0976. The number of carbonyl (C=O) groups is 1. The fourth-order valence-electron chi connectivity index (χ4n) is 1.97. The second kappa shape index (κ2) is 6.14. The Labute approximate surface area is 130 Å². The maximum atomic E-state index is 13.8. The molecule has 0 radical (unpaired) electrons. The van der Waals surface area contributed by atoms with Gasteiger partial charge in [-0.3, -0.25) is 4.79 Å². The van der Waals surface area contributed by atoms with Gasteiger partial charge in [-0.15, -0.1) is 0 Å². The molecule has 0 amide bonds. The summed E-state index contributed by atoms with van der Waals surface area (Å²) in [5.74, 6) is -2.02. The van der Waals surface area contributed by atoms with Gasteiger partial charge >= 0.3 is 0 Å². The first kappa shape index (κ1) is 14.7. The van der Waals surface area contributed by atoms with Gasteiger partial charge < -0.3 is 0 Å². The van der Waals surface area contributed by atoms with Crippen molar-refractivity contribution in [1.29, 1.82) is 5.26 Å². The minimum atomic E-state index is -1.12. The SMILES string of the molecule is Cc1cccc(C(=O)C(C#N)c2ccccc2F)c1I. The van der Waals surface area contributed by atoms with Gasteiger partial charge in [0.25, 0.3) is 0 Å². The van der Waals surface area contributed by atoms with Crippen molar-refractivity contribution in [3.63, 3.8) is 0 Å². The lowest BCUT2D eigenvalue weighted by Gasteiger charge is -2.12. The van der Waals surface area contributed by atoms with E-state index >= 15 is 0 Å². The van der Waals surface area contributed by atoms with Gasteiger partial charge in [-0.2, -0.15) is 5.26 Å². The third kappa shape index (κ3) is 2.73. The monoisotopic (exact) mass is 379 g/mol. The van der Waals surface area contributed by atoms with Crippen LogP contribution in [0.2, 0.25) is 0 Å². The molecule has 0 N–H and O–H groups in total. The van der Waals surface area contributed by atoms with Crippen molar-refractivity contribution in [3.8, 4) is 6.07 Å². The van der Waals surface area contributed by atoms with Crippen LogP contribution in [0.3, 0.4) is 0 Å². The average molecular weight is 379 g/mol. The van der Waals surface area contributed by atoms with Gasteiger partial charge in [-0.05, 0) is 41.1 Å². The number of ketones is 1. The number of carbonyl (C=O) groups excluding carboxylic acids is 1. The van der Waals surface area contributed by atoms with Gasteiger partial charge in [-0.25, -0.2) is 4.39 Å². The summed E-state index contributed by atoms with van der Waals surface area (Å²) in [7, 11) is 0. The molecule has 0 bridgehead atoms. The molecule has 0 aromatic heterocycles. The van der Waals surface area contributed by atoms with Crippen LogP contribution in [0.25, 0.3) is 0 Å². The first-order valence-electron chi connectivity index (χ1n) is 5.99. The summed E-state index contributed by atoms with van der Waals surface area (Å²) in [4.78, 5) is 12.5. The Hall–Kier alpha value is -1.74. The summed E-state index contributed by atoms with van der Waals surface area (Å²) in [6.07, 6.45) is 0. The molecule has 2 rings (SSSR count). The van der Waals surface area contributed by atoms with Crippen LogP contribution in [0.1, 0.15) is 27.4 Å². The molecule has 100 valence electrons. The summed E-state index contributed by atoms with van der Waals surface area (Å²) in [5, 5.41) is 9.26. The van der Waals surface area contributed by atoms with E-state index in [1.165, 1.54) is 18.2 Å². The summed E-state index contributed by atoms with van der Waals surface area (Å²) in [6.45, 7) is 1.89. The number of nitriles is 1. The molecule has 0 spiro atoms. The molecule has 20 heavy (non-hydrogen) atoms. The topological polar surface area (TPSA) is 40.9 Å². The highest BCUT2D eigenvalue weighted by Crippen LogP contribution is 2.26. The van der Waals surface area contributed by atoms with Gasteiger partial charge in [0.2, 0.25) is 0 Å². The predicted octanol–water partition coefficient (Wildman–Crippen LogP) is 4.23. The number of hydrogen-bond acceptors (Lipinski definition) is 2. The van der Waals surface area contributed by atoms with Gasteiger partial charge in [0, 0.05) is 14.7 Å². The molecule has 0 aliphatic carbocycles. The second-order valence-electron chi connectivity index (χ2n) is 4.38. The minimum absolute atomic E-state index is 0.123. The first-order valence-corrected chi connectivity index (χ1v) is 7.07. The van der Waals surface area contributed by atoms with Crippen LogP contribution in [0.15, 0.2) is 42.5 Å². The molecule has 1 atom stereocenters. The van der Waals surface area contributed by atoms with Crippen LogP contribution in [-0.2, 0) is 0 Å². The molecule has 1 unspecified atom stereocenters. The summed E-state index contributed by atoms with van der Waals surface area (Å²) >= 11 is 2.07. The Morgan fingerprint density at radius 2 is 1.95 bits per heavy atom. The number of hydrogen-bond donors (Lipinski definition) is 0. The van der Waals surface area contributed by atoms with E-state index in [9.17, 15) is 14.4 Å². The third-order valence-corrected chi connectivity index (χ3v) is 4.50. The standard InChI is InChI=1S/C16H11FINO/c1-10-5-4-7-12(15(10)18)16(20)13(9-19)11-6-2-3-8-14(11)17/h2-8,13H,1H3. The van der Waals surface area contributed by atoms with Gasteiger partial charge in [0.05, 0.1) is 6.07 Å². The molecular formula is C16H11FINO. The fraction of sp³-hybridized carbons (Fsp3) is 0.125. The number of benzene rings is 2. The lowest BCUT2D eigenvalue weighted by atomic mass is 9.91. The van der Waals surface area contributed by atoms with Crippen LogP contribution in [0.4, 0.5) is 4.39 Å². The van der Waals surface area contributed by atoms with E-state index < -0.39 is 11.7 Å². The van der Waals surface area contributed by atoms with Crippen LogP contribution in [0.5, 0.6) is 0 Å². The quantitative estimate of drug-likeness (QED) is 0.592. The maximum Gasteiger partial charge on any atom is 0.185 e. The molecular weight excluding hydrogens is 368 g/mol. The molecule has 2 aromatic rings. The molecule has 0 fully saturated rings. The molecule has 2 nitrogen and oxygen atoms in total. The number of nitrogens with zero attached hydrogens (tertiary/aromatic N) is 1. The van der Waals surface area contributed by atoms with Crippen LogP contribution < -0.4 is 0 Å². The highest BCUT2D eigenvalue weighted by molar-refractivity contribution is 14.1. The summed E-state index contributed by atoms with van der Waals surface area (Å²) in [5.41, 5.74) is 1.54. The Bertz CT molecular complexity index is 706. The molecule has 0 saturated heterocycles. The zero-order valence-corrected chi connectivity index (χ0v) is 12.9. The molecule has 4 heteroatoms. The van der Waals surface area contributed by atoms with E-state index in [4.69, 9.17) is 0 Å². The zero-order chi connectivity index (χ0) is 14.7. The molecule has 0 aliphatic heterocycles. The highest BCUT2D eigenvalue weighted by Gasteiger charge is 2.26. The molecule has 0 heterocycles. The Balaban J connectivity index is 2.49. The number of halogens is 2. The first-order chi connectivity index (χ1) is 9.56. The van der Waals surface area contributed by atoms with Crippen LogP contribution in [-0.4, -0.2) is 5.78 Å². The average Bonchev–Trinajstić information content (AvgIpc) is 2.44. The van der Waals surface area contributed by atoms with E-state index in [-0.39, 0.29) is 11.3 Å². The number of Topliss-reactive ketones (excluding diaryl/α,β-unsaturated/α-hetero) is 1. The van der Waals surface area contributed by atoms with Crippen molar-refractivity contribution in [1.82, 2.24) is 0 Å². The molecule has 0 aliphatic rings. The van der Waals surface area contributed by atoms with Crippen molar-refractivity contribution in [2.24, 2.45) is 0 Å². The normalized spacial score (nSPS) is 11.7. The van der Waals surface area contributed by atoms with Gasteiger partial charge in [-0.1, -0.05) is 36.4 Å². The van der Waals surface area contributed by atoms with Crippen LogP contribution >= 0.6 is 22.6 Å². The predicted molar refractivity (Wildman–Crippen MR) is 83.0 cm³/mol. The van der Waals surface area contributed by atoms with Gasteiger partial charge in [0.1, 0.15) is 11.7 Å². The minimum Gasteiger partial charge on any atom is -0.292 e. The van der Waals surface area contributed by atoms with Crippen molar-refractivity contribution < 1.29 is 9.18 Å². The van der Waals surface area contributed by atoms with Crippen molar-refractivity contribution in [2.75, 3.05) is 0 Å². The number of rotatable bonds is 3. The molecule has 0 saturated carbocycles. The molecule has 2 aromatic carbocycles. The smallest absolute Gasteiger partial charge is 0.185 e. The highest BCUT2D eigenvalue weighted by atomic mass is 127. The zero-order valence-electron chi connectivity index (χ0n) is 10.7. The Kier molecular flexibility index (Phi) is 4.50. The van der Waals surface area contributed by atoms with E-state index in [1.54, 1.807) is 18.2 Å². The van der Waals surface area contributed by atoms with Gasteiger partial charge in [0.15, 0.2) is 5.78 Å². The van der Waals surface area contributed by atoms with E-state index in [1.807, 2.05) is 19.1 Å². The fourth-order valence-corrected chi connectivity index (χ4v) is 2.60. The Morgan fingerprint density at radius 1 is 1.25 bits per heavy atom. The largest absolute Gasteiger partial charge is 0.292 e. The van der Waals surface area contributed by atoms with Crippen molar-refractivity contribution >= 4 is 28.4 Å². The lowest BCUT2D eigenvalue weighted by Crippen LogP contribution is -2.14. The van der Waals surface area contributed by atoms with Crippen molar-refractivity contribution in [2.45, 2.75) is 12.8 Å². The summed E-state index contributed by atoms with van der Waals surface area (Å²) < 4.78 is 14.6. The maximum absolute atomic E-state index is 13.8. The summed E-state index contributed by atoms with van der Waals surface area (Å²) in [6, 6.07) is 13.1. The van der Waals surface area contributed by atoms with E-state index in [2.05, 4.69) is 22.6 Å². The van der Waals surface area contributed by atoms with Crippen molar-refractivity contribution in [3.05, 3.63) is 68.5 Å². The van der Waals surface area contributed by atoms with E-state index in [0.717, 1.165) is 9.13 Å². The third-order valence-electron chi connectivity index (χ3n) is 3.06. The number of aryl methyl sites for hydroxylation is 1. The van der Waals surface area contributed by atoms with Crippen LogP contribution in [0, 0.1) is 27.6 Å². The van der Waals surface area contributed by atoms with E-state index in [0.29, 0.717) is 5.56 Å².